The highest BCUT2D eigenvalue weighted by atomic mass is 19.1. The Morgan fingerprint density at radius 1 is 1.30 bits per heavy atom. The molecule has 0 saturated carbocycles. The molecular weight excluding hydrogens is 385 g/mol. The second kappa shape index (κ2) is 12.3. The van der Waals surface area contributed by atoms with Gasteiger partial charge in [0.05, 0.1) is 24.1 Å². The summed E-state index contributed by atoms with van der Waals surface area (Å²) in [6, 6.07) is 8.27. The second-order valence-corrected chi connectivity index (χ2v) is 7.23. The van der Waals surface area contributed by atoms with Crippen LogP contribution in [0.5, 0.6) is 0 Å². The molecule has 7 nitrogen and oxygen atoms in total. The fraction of sp³-hybridized carbons (Fsp3) is 0.545. The lowest BCUT2D eigenvalue weighted by Crippen LogP contribution is -2.38. The highest BCUT2D eigenvalue weighted by Crippen LogP contribution is 2.12. The molecule has 3 rings (SSSR count). The second-order valence-electron chi connectivity index (χ2n) is 7.23. The summed E-state index contributed by atoms with van der Waals surface area (Å²) in [6.45, 7) is 6.54. The number of guanidine groups is 1. The number of aliphatic imine (C=N–C) groups is 1. The van der Waals surface area contributed by atoms with Crippen molar-refractivity contribution in [1.29, 1.82) is 0 Å². The fourth-order valence-corrected chi connectivity index (χ4v) is 3.23. The number of benzene rings is 1. The molecular formula is C22H32FN5O2. The molecule has 0 amide bonds. The monoisotopic (exact) mass is 417 g/mol. The Balaban J connectivity index is 1.35. The van der Waals surface area contributed by atoms with E-state index in [9.17, 15) is 4.39 Å². The third kappa shape index (κ3) is 7.42. The van der Waals surface area contributed by atoms with Crippen molar-refractivity contribution in [3.8, 4) is 5.69 Å². The largest absolute Gasteiger partial charge is 0.379 e. The number of hydrogen-bond acceptors (Lipinski definition) is 4. The van der Waals surface area contributed by atoms with Gasteiger partial charge in [0.15, 0.2) is 5.96 Å². The number of rotatable bonds is 11. The van der Waals surface area contributed by atoms with Crippen LogP contribution in [0, 0.1) is 5.82 Å². The van der Waals surface area contributed by atoms with Gasteiger partial charge in [-0.25, -0.2) is 9.07 Å². The summed E-state index contributed by atoms with van der Waals surface area (Å²) >= 11 is 0. The molecule has 1 saturated heterocycles. The summed E-state index contributed by atoms with van der Waals surface area (Å²) in [5.74, 6) is 0.551. The molecule has 0 radical (unpaired) electrons. The number of ether oxygens (including phenoxy) is 2. The molecule has 0 bridgehead atoms. The lowest BCUT2D eigenvalue weighted by molar-refractivity contribution is 0.0171. The van der Waals surface area contributed by atoms with Crippen molar-refractivity contribution in [2.24, 2.45) is 4.99 Å². The van der Waals surface area contributed by atoms with Gasteiger partial charge in [-0.05, 0) is 56.5 Å². The molecule has 1 atom stereocenters. The van der Waals surface area contributed by atoms with Gasteiger partial charge in [-0.1, -0.05) is 0 Å². The Hall–Kier alpha value is -2.45. The van der Waals surface area contributed by atoms with Gasteiger partial charge in [-0.3, -0.25) is 4.99 Å². The van der Waals surface area contributed by atoms with Crippen LogP contribution in [-0.2, 0) is 15.9 Å². The van der Waals surface area contributed by atoms with Crippen LogP contribution in [0.1, 0.15) is 31.9 Å². The minimum absolute atomic E-state index is 0.250. The van der Waals surface area contributed by atoms with Gasteiger partial charge in [-0.2, -0.15) is 5.10 Å². The molecule has 1 fully saturated rings. The van der Waals surface area contributed by atoms with Crippen LogP contribution in [0.2, 0.25) is 0 Å². The van der Waals surface area contributed by atoms with E-state index in [-0.39, 0.29) is 11.9 Å². The number of nitrogens with one attached hydrogen (secondary N) is 2. The zero-order valence-corrected chi connectivity index (χ0v) is 17.6. The van der Waals surface area contributed by atoms with Crippen LogP contribution in [-0.4, -0.2) is 61.3 Å². The molecule has 0 spiro atoms. The van der Waals surface area contributed by atoms with Gasteiger partial charge < -0.3 is 20.1 Å². The third-order valence-electron chi connectivity index (χ3n) is 4.80. The lowest BCUT2D eigenvalue weighted by Gasteiger charge is -2.11. The van der Waals surface area contributed by atoms with Gasteiger partial charge in [0.25, 0.3) is 0 Å². The summed E-state index contributed by atoms with van der Waals surface area (Å²) in [5, 5.41) is 11.1. The predicted molar refractivity (Wildman–Crippen MR) is 116 cm³/mol. The molecule has 2 N–H and O–H groups in total. The van der Waals surface area contributed by atoms with Crippen LogP contribution in [0.4, 0.5) is 4.39 Å². The Morgan fingerprint density at radius 2 is 2.17 bits per heavy atom. The van der Waals surface area contributed by atoms with Crippen molar-refractivity contribution in [2.45, 2.75) is 38.7 Å². The van der Waals surface area contributed by atoms with Crippen molar-refractivity contribution in [3.05, 3.63) is 48.0 Å². The van der Waals surface area contributed by atoms with E-state index >= 15 is 0 Å². The minimum Gasteiger partial charge on any atom is -0.379 e. The first-order chi connectivity index (χ1) is 14.7. The molecule has 0 aliphatic carbocycles. The Kier molecular flexibility index (Phi) is 9.11. The first-order valence-electron chi connectivity index (χ1n) is 10.8. The predicted octanol–water partition coefficient (Wildman–Crippen LogP) is 2.69. The summed E-state index contributed by atoms with van der Waals surface area (Å²) in [7, 11) is 0. The van der Waals surface area contributed by atoms with Gasteiger partial charge in [-0.15, -0.1) is 0 Å². The minimum atomic E-state index is -0.250. The smallest absolute Gasteiger partial charge is 0.191 e. The van der Waals surface area contributed by atoms with Crippen LogP contribution in [0.3, 0.4) is 0 Å². The third-order valence-corrected chi connectivity index (χ3v) is 4.80. The summed E-state index contributed by atoms with van der Waals surface area (Å²) in [6.07, 6.45) is 6.06. The van der Waals surface area contributed by atoms with E-state index in [1.165, 1.54) is 12.1 Å². The molecule has 2 heterocycles. The topological polar surface area (TPSA) is 72.7 Å². The normalized spacial score (nSPS) is 16.7. The van der Waals surface area contributed by atoms with Crippen molar-refractivity contribution >= 4 is 5.96 Å². The zero-order chi connectivity index (χ0) is 21.0. The summed E-state index contributed by atoms with van der Waals surface area (Å²) in [5.41, 5.74) is 1.80. The standard InChI is InChI=1S/C22H32FN5O2/c1-2-24-22(25-12-4-15-29-17-21-5-3-16-30-21)26-13-10-19-11-14-28(27-19)20-8-6-18(23)7-9-20/h6-9,11,14,21H,2-5,10,12-13,15-17H2,1H3,(H2,24,25,26). The summed E-state index contributed by atoms with van der Waals surface area (Å²) in [4.78, 5) is 4.60. The highest BCUT2D eigenvalue weighted by molar-refractivity contribution is 5.79. The van der Waals surface area contributed by atoms with Crippen molar-refractivity contribution in [2.75, 3.05) is 39.5 Å². The van der Waals surface area contributed by atoms with Gasteiger partial charge in [0.1, 0.15) is 5.82 Å². The maximum Gasteiger partial charge on any atom is 0.191 e. The highest BCUT2D eigenvalue weighted by Gasteiger charge is 2.14. The van der Waals surface area contributed by atoms with Crippen LogP contribution in [0.15, 0.2) is 41.5 Å². The van der Waals surface area contributed by atoms with Crippen molar-refractivity contribution in [3.63, 3.8) is 0 Å². The Bertz CT molecular complexity index is 772. The molecule has 8 heteroatoms. The van der Waals surface area contributed by atoms with E-state index in [1.807, 2.05) is 19.2 Å². The number of nitrogens with zero attached hydrogens (tertiary/aromatic N) is 3. The molecule has 1 aromatic heterocycles. The number of halogens is 1. The molecule has 1 unspecified atom stereocenters. The number of aromatic nitrogens is 2. The van der Waals surface area contributed by atoms with Crippen molar-refractivity contribution < 1.29 is 13.9 Å². The van der Waals surface area contributed by atoms with Gasteiger partial charge in [0.2, 0.25) is 0 Å². The molecule has 30 heavy (non-hydrogen) atoms. The summed E-state index contributed by atoms with van der Waals surface area (Å²) < 4.78 is 26.0. The first kappa shape index (κ1) is 22.2. The average Bonchev–Trinajstić information content (AvgIpc) is 3.43. The molecule has 164 valence electrons. The maximum absolute atomic E-state index is 13.1. The van der Waals surface area contributed by atoms with E-state index in [2.05, 4.69) is 20.7 Å². The fourth-order valence-electron chi connectivity index (χ4n) is 3.23. The first-order valence-corrected chi connectivity index (χ1v) is 10.8. The molecule has 1 aromatic carbocycles. The Labute approximate surface area is 177 Å². The average molecular weight is 418 g/mol. The SMILES string of the molecule is CCNC(=NCCCOCC1CCCO1)NCCc1ccn(-c2ccc(F)cc2)n1. The maximum atomic E-state index is 13.1. The van der Waals surface area contributed by atoms with Gasteiger partial charge in [0, 0.05) is 45.5 Å². The van der Waals surface area contributed by atoms with E-state index in [1.54, 1.807) is 16.8 Å². The van der Waals surface area contributed by atoms with E-state index in [0.29, 0.717) is 19.8 Å². The van der Waals surface area contributed by atoms with Crippen LogP contribution >= 0.6 is 0 Å². The van der Waals surface area contributed by atoms with E-state index < -0.39 is 0 Å². The van der Waals surface area contributed by atoms with Gasteiger partial charge >= 0.3 is 0 Å². The quantitative estimate of drug-likeness (QED) is 0.334. The molecule has 1 aliphatic heterocycles. The molecule has 2 aromatic rings. The molecule has 1 aliphatic rings. The van der Waals surface area contributed by atoms with Crippen LogP contribution < -0.4 is 10.6 Å². The van der Waals surface area contributed by atoms with E-state index in [0.717, 1.165) is 62.7 Å². The Morgan fingerprint density at radius 3 is 2.93 bits per heavy atom. The van der Waals surface area contributed by atoms with E-state index in [4.69, 9.17) is 9.47 Å². The lowest BCUT2D eigenvalue weighted by atomic mass is 10.2. The number of hydrogen-bond donors (Lipinski definition) is 2. The van der Waals surface area contributed by atoms with Crippen LogP contribution in [0.25, 0.3) is 5.69 Å². The van der Waals surface area contributed by atoms with Crippen molar-refractivity contribution in [1.82, 2.24) is 20.4 Å². The zero-order valence-electron chi connectivity index (χ0n) is 17.6.